The highest BCUT2D eigenvalue weighted by Gasteiger charge is 2.22. The molecule has 13 heavy (non-hydrogen) atoms. The van der Waals surface area contributed by atoms with Crippen LogP contribution in [0.15, 0.2) is 30.3 Å². The van der Waals surface area contributed by atoms with Crippen LogP contribution in [0.25, 0.3) is 0 Å². The van der Waals surface area contributed by atoms with Gasteiger partial charge in [-0.2, -0.15) is 0 Å². The summed E-state index contributed by atoms with van der Waals surface area (Å²) in [5, 5.41) is 18.2. The van der Waals surface area contributed by atoms with Crippen LogP contribution in [0.5, 0.6) is 0 Å². The monoisotopic (exact) mass is 180 g/mol. The van der Waals surface area contributed by atoms with E-state index in [1.54, 1.807) is 24.3 Å². The third-order valence-electron chi connectivity index (χ3n) is 2.00. The van der Waals surface area contributed by atoms with Gasteiger partial charge in [0.05, 0.1) is 12.0 Å². The van der Waals surface area contributed by atoms with Crippen LogP contribution < -0.4 is 0 Å². The van der Waals surface area contributed by atoms with Gasteiger partial charge in [0.2, 0.25) is 0 Å². The number of carboxylic acid groups (broad SMARTS) is 1. The molecule has 0 heterocycles. The van der Waals surface area contributed by atoms with Gasteiger partial charge in [0.25, 0.3) is 0 Å². The Morgan fingerprint density at radius 3 is 2.31 bits per heavy atom. The lowest BCUT2D eigenvalue weighted by molar-refractivity contribution is -0.145. The van der Waals surface area contributed by atoms with E-state index in [2.05, 4.69) is 0 Å². The van der Waals surface area contributed by atoms with E-state index < -0.39 is 18.0 Å². The predicted molar refractivity (Wildman–Crippen MR) is 48.2 cm³/mol. The highest BCUT2D eigenvalue weighted by atomic mass is 16.4. The topological polar surface area (TPSA) is 57.5 Å². The Kier molecular flexibility index (Phi) is 3.03. The maximum Gasteiger partial charge on any atom is 0.309 e. The molecular formula is C10H12O3. The van der Waals surface area contributed by atoms with Crippen LogP contribution in [0.2, 0.25) is 0 Å². The Bertz CT molecular complexity index is 281. The van der Waals surface area contributed by atoms with Crippen molar-refractivity contribution in [3.63, 3.8) is 0 Å². The number of aliphatic hydroxyl groups is 1. The van der Waals surface area contributed by atoms with Crippen molar-refractivity contribution in [1.29, 1.82) is 0 Å². The summed E-state index contributed by atoms with van der Waals surface area (Å²) in [5.41, 5.74) is 0.636. The highest BCUT2D eigenvalue weighted by molar-refractivity contribution is 5.70. The van der Waals surface area contributed by atoms with Gasteiger partial charge in [-0.15, -0.1) is 0 Å². The average molecular weight is 180 g/mol. The summed E-state index contributed by atoms with van der Waals surface area (Å²) in [4.78, 5) is 10.6. The smallest absolute Gasteiger partial charge is 0.309 e. The van der Waals surface area contributed by atoms with Crippen LogP contribution in [0.3, 0.4) is 0 Å². The Labute approximate surface area is 76.6 Å². The molecule has 0 aromatic heterocycles. The molecule has 0 aliphatic heterocycles. The fourth-order valence-electron chi connectivity index (χ4n) is 1.07. The summed E-state index contributed by atoms with van der Waals surface area (Å²) in [6.45, 7) is 1.49. The first kappa shape index (κ1) is 9.74. The Hall–Kier alpha value is -1.35. The van der Waals surface area contributed by atoms with Crippen molar-refractivity contribution in [2.24, 2.45) is 5.92 Å². The molecule has 0 saturated carbocycles. The summed E-state index contributed by atoms with van der Waals surface area (Å²) < 4.78 is 0. The lowest BCUT2D eigenvalue weighted by atomic mass is 9.98. The Morgan fingerprint density at radius 2 is 1.85 bits per heavy atom. The van der Waals surface area contributed by atoms with Gasteiger partial charge in [0, 0.05) is 0 Å². The van der Waals surface area contributed by atoms with Crippen molar-refractivity contribution >= 4 is 5.97 Å². The second kappa shape index (κ2) is 4.05. The fourth-order valence-corrected chi connectivity index (χ4v) is 1.07. The molecule has 0 fully saturated rings. The van der Waals surface area contributed by atoms with Gasteiger partial charge in [-0.05, 0) is 12.5 Å². The average Bonchev–Trinajstić information content (AvgIpc) is 2.17. The summed E-state index contributed by atoms with van der Waals surface area (Å²) in [6, 6.07) is 8.79. The normalized spacial score (nSPS) is 14.9. The van der Waals surface area contributed by atoms with E-state index in [1.165, 1.54) is 6.92 Å². The third kappa shape index (κ3) is 2.29. The minimum atomic E-state index is -0.989. The van der Waals surface area contributed by atoms with Crippen molar-refractivity contribution in [1.82, 2.24) is 0 Å². The molecule has 1 aromatic carbocycles. The van der Waals surface area contributed by atoms with Crippen molar-refractivity contribution in [3.05, 3.63) is 35.9 Å². The number of aliphatic hydroxyl groups excluding tert-OH is 1. The zero-order valence-electron chi connectivity index (χ0n) is 7.34. The van der Waals surface area contributed by atoms with E-state index in [4.69, 9.17) is 5.11 Å². The summed E-state index contributed by atoms with van der Waals surface area (Å²) in [7, 11) is 0. The number of carbonyl (C=O) groups is 1. The largest absolute Gasteiger partial charge is 0.481 e. The first-order valence-corrected chi connectivity index (χ1v) is 4.08. The molecule has 0 amide bonds. The number of hydrogen-bond donors (Lipinski definition) is 2. The lowest BCUT2D eigenvalue weighted by Gasteiger charge is -2.14. The van der Waals surface area contributed by atoms with Crippen LogP contribution in [-0.2, 0) is 4.79 Å². The molecule has 2 N–H and O–H groups in total. The van der Waals surface area contributed by atoms with E-state index >= 15 is 0 Å². The standard InChI is InChI=1S/C10H12O3/c1-7(10(12)13)9(11)8-5-3-2-4-6-8/h2-7,9,11H,1H3,(H,12,13)/t7-,9-/m0/s1. The van der Waals surface area contributed by atoms with Crippen molar-refractivity contribution in [2.45, 2.75) is 13.0 Å². The molecule has 3 heteroatoms. The molecule has 3 nitrogen and oxygen atoms in total. The third-order valence-corrected chi connectivity index (χ3v) is 2.00. The lowest BCUT2D eigenvalue weighted by Crippen LogP contribution is -2.18. The molecule has 0 aliphatic carbocycles. The van der Waals surface area contributed by atoms with Crippen LogP contribution >= 0.6 is 0 Å². The van der Waals surface area contributed by atoms with Crippen LogP contribution in [-0.4, -0.2) is 16.2 Å². The first-order chi connectivity index (χ1) is 6.13. The zero-order chi connectivity index (χ0) is 9.84. The van der Waals surface area contributed by atoms with Gasteiger partial charge in [-0.25, -0.2) is 0 Å². The molecular weight excluding hydrogens is 168 g/mol. The summed E-state index contributed by atoms with van der Waals surface area (Å²) in [6.07, 6.45) is -0.932. The van der Waals surface area contributed by atoms with Crippen molar-refractivity contribution in [2.75, 3.05) is 0 Å². The van der Waals surface area contributed by atoms with Gasteiger partial charge in [-0.1, -0.05) is 30.3 Å². The number of aliphatic carboxylic acids is 1. The highest BCUT2D eigenvalue weighted by Crippen LogP contribution is 2.21. The summed E-state index contributed by atoms with van der Waals surface area (Å²) in [5.74, 6) is -1.77. The predicted octanol–water partition coefficient (Wildman–Crippen LogP) is 1.44. The first-order valence-electron chi connectivity index (χ1n) is 4.08. The quantitative estimate of drug-likeness (QED) is 0.740. The second-order valence-electron chi connectivity index (χ2n) is 2.98. The van der Waals surface area contributed by atoms with Crippen molar-refractivity contribution in [3.8, 4) is 0 Å². The van der Waals surface area contributed by atoms with Gasteiger partial charge < -0.3 is 10.2 Å². The summed E-state index contributed by atoms with van der Waals surface area (Å²) >= 11 is 0. The van der Waals surface area contributed by atoms with E-state index in [0.29, 0.717) is 5.56 Å². The fraction of sp³-hybridized carbons (Fsp3) is 0.300. The maximum absolute atomic E-state index is 10.6. The van der Waals surface area contributed by atoms with Crippen LogP contribution in [0.1, 0.15) is 18.6 Å². The van der Waals surface area contributed by atoms with Crippen LogP contribution in [0, 0.1) is 5.92 Å². The molecule has 1 rings (SSSR count). The molecule has 0 bridgehead atoms. The van der Waals surface area contributed by atoms with E-state index in [1.807, 2.05) is 6.07 Å². The maximum atomic E-state index is 10.6. The number of rotatable bonds is 3. The molecule has 70 valence electrons. The number of hydrogen-bond acceptors (Lipinski definition) is 2. The van der Waals surface area contributed by atoms with Crippen LogP contribution in [0.4, 0.5) is 0 Å². The molecule has 0 aliphatic rings. The van der Waals surface area contributed by atoms with E-state index in [9.17, 15) is 9.90 Å². The molecule has 0 unspecified atom stereocenters. The molecule has 0 spiro atoms. The Morgan fingerprint density at radius 1 is 1.31 bits per heavy atom. The van der Waals surface area contributed by atoms with Gasteiger partial charge >= 0.3 is 5.97 Å². The zero-order valence-corrected chi connectivity index (χ0v) is 7.34. The SMILES string of the molecule is C[C@H](C(=O)O)[C@H](O)c1ccccc1. The Balaban J connectivity index is 2.79. The van der Waals surface area contributed by atoms with Gasteiger partial charge in [-0.3, -0.25) is 4.79 Å². The van der Waals surface area contributed by atoms with Gasteiger partial charge in [0.1, 0.15) is 0 Å². The molecule has 0 radical (unpaired) electrons. The number of benzene rings is 1. The minimum absolute atomic E-state index is 0.636. The number of carboxylic acids is 1. The molecule has 2 atom stereocenters. The molecule has 1 aromatic rings. The van der Waals surface area contributed by atoms with Gasteiger partial charge in [0.15, 0.2) is 0 Å². The molecule has 0 saturated heterocycles. The second-order valence-corrected chi connectivity index (χ2v) is 2.98. The minimum Gasteiger partial charge on any atom is -0.481 e. The van der Waals surface area contributed by atoms with E-state index in [0.717, 1.165) is 0 Å². The van der Waals surface area contributed by atoms with E-state index in [-0.39, 0.29) is 0 Å². The van der Waals surface area contributed by atoms with Crippen molar-refractivity contribution < 1.29 is 15.0 Å².